The quantitative estimate of drug-likeness (QED) is 0.117. The van der Waals surface area contributed by atoms with Crippen LogP contribution in [0.2, 0.25) is 0 Å². The number of carbonyl (C=O) groups is 1. The van der Waals surface area contributed by atoms with Crippen molar-refractivity contribution in [2.45, 2.75) is 129 Å². The van der Waals surface area contributed by atoms with E-state index in [4.69, 9.17) is 10.1 Å². The van der Waals surface area contributed by atoms with E-state index in [9.17, 15) is 4.79 Å². The van der Waals surface area contributed by atoms with Crippen LogP contribution in [0.5, 0.6) is 0 Å². The summed E-state index contributed by atoms with van der Waals surface area (Å²) < 4.78 is 5.85. The number of hydrogen-bond donors (Lipinski definition) is 1. The van der Waals surface area contributed by atoms with Gasteiger partial charge in [0.2, 0.25) is 0 Å². The van der Waals surface area contributed by atoms with Crippen molar-refractivity contribution in [3.05, 3.63) is 0 Å². The highest BCUT2D eigenvalue weighted by molar-refractivity contribution is 5.69. The van der Waals surface area contributed by atoms with Gasteiger partial charge in [0.05, 0.1) is 0 Å². The lowest BCUT2D eigenvalue weighted by atomic mass is 10.0. The SMILES string of the molecule is CCCCCCCCCC(CCCCCCCCC=N)OC(=O)CCCN(C)C. The molecular formula is C25H50N2O2. The lowest BCUT2D eigenvalue weighted by Crippen LogP contribution is -2.20. The van der Waals surface area contributed by atoms with Crippen molar-refractivity contribution in [1.82, 2.24) is 4.90 Å². The number of nitrogens with zero attached hydrogens (tertiary/aromatic N) is 1. The number of unbranched alkanes of at least 4 members (excludes halogenated alkanes) is 12. The monoisotopic (exact) mass is 410 g/mol. The topological polar surface area (TPSA) is 53.4 Å². The summed E-state index contributed by atoms with van der Waals surface area (Å²) in [6, 6.07) is 0. The van der Waals surface area contributed by atoms with Gasteiger partial charge in [-0.3, -0.25) is 4.79 Å². The van der Waals surface area contributed by atoms with Crippen molar-refractivity contribution in [1.29, 1.82) is 5.41 Å². The van der Waals surface area contributed by atoms with Gasteiger partial charge < -0.3 is 15.0 Å². The molecule has 4 heteroatoms. The van der Waals surface area contributed by atoms with Gasteiger partial charge in [-0.15, -0.1) is 0 Å². The molecule has 0 aromatic heterocycles. The molecular weight excluding hydrogens is 360 g/mol. The number of esters is 1. The van der Waals surface area contributed by atoms with Crippen LogP contribution in [0.15, 0.2) is 0 Å². The molecule has 0 aromatic rings. The van der Waals surface area contributed by atoms with E-state index in [1.807, 2.05) is 14.1 Å². The predicted octanol–water partition coefficient (Wildman–Crippen LogP) is 7.15. The molecule has 0 radical (unpaired) electrons. The summed E-state index contributed by atoms with van der Waals surface area (Å²) in [6.07, 6.45) is 22.5. The molecule has 0 heterocycles. The summed E-state index contributed by atoms with van der Waals surface area (Å²) in [5.41, 5.74) is 0. The van der Waals surface area contributed by atoms with E-state index in [0.717, 1.165) is 45.1 Å². The van der Waals surface area contributed by atoms with Gasteiger partial charge in [-0.05, 0) is 71.8 Å². The zero-order valence-corrected chi connectivity index (χ0v) is 19.9. The molecule has 172 valence electrons. The first-order valence-corrected chi connectivity index (χ1v) is 12.4. The molecule has 0 spiro atoms. The smallest absolute Gasteiger partial charge is 0.306 e. The Morgan fingerprint density at radius 2 is 1.34 bits per heavy atom. The number of nitrogens with one attached hydrogen (secondary N) is 1. The Balaban J connectivity index is 4.03. The number of ether oxygens (including phenoxy) is 1. The second-order valence-corrected chi connectivity index (χ2v) is 8.83. The summed E-state index contributed by atoms with van der Waals surface area (Å²) in [4.78, 5) is 14.3. The third-order valence-electron chi connectivity index (χ3n) is 5.54. The van der Waals surface area contributed by atoms with Crippen LogP contribution in [0, 0.1) is 5.41 Å². The first kappa shape index (κ1) is 28.1. The average molecular weight is 411 g/mol. The van der Waals surface area contributed by atoms with E-state index >= 15 is 0 Å². The van der Waals surface area contributed by atoms with E-state index in [1.165, 1.54) is 76.8 Å². The minimum absolute atomic E-state index is 0.00793. The van der Waals surface area contributed by atoms with Crippen molar-refractivity contribution in [3.63, 3.8) is 0 Å². The number of rotatable bonds is 22. The van der Waals surface area contributed by atoms with Gasteiger partial charge in [0.25, 0.3) is 0 Å². The highest BCUT2D eigenvalue weighted by Gasteiger charge is 2.14. The molecule has 0 rings (SSSR count). The van der Waals surface area contributed by atoms with Crippen LogP contribution in [0.4, 0.5) is 0 Å². The Morgan fingerprint density at radius 3 is 1.86 bits per heavy atom. The third kappa shape index (κ3) is 21.6. The fourth-order valence-electron chi connectivity index (χ4n) is 3.70. The molecule has 0 fully saturated rings. The fourth-order valence-corrected chi connectivity index (χ4v) is 3.70. The van der Waals surface area contributed by atoms with E-state index < -0.39 is 0 Å². The lowest BCUT2D eigenvalue weighted by Gasteiger charge is -2.18. The minimum atomic E-state index is -0.00793. The highest BCUT2D eigenvalue weighted by atomic mass is 16.5. The van der Waals surface area contributed by atoms with Crippen molar-refractivity contribution < 1.29 is 9.53 Å². The Hall–Kier alpha value is -0.900. The predicted molar refractivity (Wildman–Crippen MR) is 126 cm³/mol. The summed E-state index contributed by atoms with van der Waals surface area (Å²) in [5, 5.41) is 7.06. The molecule has 29 heavy (non-hydrogen) atoms. The summed E-state index contributed by atoms with van der Waals surface area (Å²) in [6.45, 7) is 3.20. The van der Waals surface area contributed by atoms with Crippen LogP contribution in [0.3, 0.4) is 0 Å². The number of hydrogen-bond acceptors (Lipinski definition) is 4. The van der Waals surface area contributed by atoms with Crippen LogP contribution in [-0.4, -0.2) is 43.8 Å². The molecule has 1 unspecified atom stereocenters. The van der Waals surface area contributed by atoms with E-state index in [-0.39, 0.29) is 12.1 Å². The van der Waals surface area contributed by atoms with Gasteiger partial charge in [0.1, 0.15) is 6.10 Å². The van der Waals surface area contributed by atoms with E-state index in [2.05, 4.69) is 11.8 Å². The van der Waals surface area contributed by atoms with Gasteiger partial charge >= 0.3 is 5.97 Å². The maximum absolute atomic E-state index is 12.2. The largest absolute Gasteiger partial charge is 0.462 e. The van der Waals surface area contributed by atoms with Gasteiger partial charge in [-0.1, -0.05) is 71.1 Å². The summed E-state index contributed by atoms with van der Waals surface area (Å²) in [7, 11) is 4.08. The van der Waals surface area contributed by atoms with E-state index in [0.29, 0.717) is 6.42 Å². The Morgan fingerprint density at radius 1 is 0.828 bits per heavy atom. The molecule has 0 aromatic carbocycles. The van der Waals surface area contributed by atoms with Crippen LogP contribution >= 0.6 is 0 Å². The highest BCUT2D eigenvalue weighted by Crippen LogP contribution is 2.18. The molecule has 4 nitrogen and oxygen atoms in total. The summed E-state index contributed by atoms with van der Waals surface area (Å²) >= 11 is 0. The van der Waals surface area contributed by atoms with E-state index in [1.54, 1.807) is 0 Å². The lowest BCUT2D eigenvalue weighted by molar-refractivity contribution is -0.150. The van der Waals surface area contributed by atoms with Crippen LogP contribution in [-0.2, 0) is 9.53 Å². The molecule has 0 bridgehead atoms. The molecule has 0 amide bonds. The van der Waals surface area contributed by atoms with Crippen LogP contribution in [0.25, 0.3) is 0 Å². The standard InChI is InChI=1S/C25H50N2O2/c1-4-5-6-7-9-12-15-19-24(29-25(28)21-18-23-27(2)3)20-16-13-10-8-11-14-17-22-26/h22,24,26H,4-21,23H2,1-3H3. The second-order valence-electron chi connectivity index (χ2n) is 8.83. The maximum Gasteiger partial charge on any atom is 0.306 e. The van der Waals surface area contributed by atoms with Crippen molar-refractivity contribution in [2.24, 2.45) is 0 Å². The molecule has 1 atom stereocenters. The van der Waals surface area contributed by atoms with Crippen LogP contribution in [0.1, 0.15) is 122 Å². The van der Waals surface area contributed by atoms with Crippen molar-refractivity contribution >= 4 is 12.2 Å². The Kier molecular flexibility index (Phi) is 21.1. The van der Waals surface area contributed by atoms with Gasteiger partial charge in [-0.2, -0.15) is 0 Å². The first-order valence-electron chi connectivity index (χ1n) is 12.4. The Bertz CT molecular complexity index is 372. The van der Waals surface area contributed by atoms with Crippen molar-refractivity contribution in [2.75, 3.05) is 20.6 Å². The Labute approximate surface area is 181 Å². The molecule has 0 saturated heterocycles. The van der Waals surface area contributed by atoms with Crippen LogP contribution < -0.4 is 0 Å². The minimum Gasteiger partial charge on any atom is -0.462 e. The van der Waals surface area contributed by atoms with Gasteiger partial charge in [0, 0.05) is 6.42 Å². The summed E-state index contributed by atoms with van der Waals surface area (Å²) in [5.74, 6) is -0.00793. The maximum atomic E-state index is 12.2. The zero-order valence-electron chi connectivity index (χ0n) is 19.9. The fraction of sp³-hybridized carbons (Fsp3) is 0.920. The second kappa shape index (κ2) is 21.8. The number of carbonyl (C=O) groups excluding carboxylic acids is 1. The average Bonchev–Trinajstić information content (AvgIpc) is 2.68. The molecule has 0 aliphatic carbocycles. The first-order chi connectivity index (χ1) is 14.1. The normalized spacial score (nSPS) is 12.3. The molecule has 0 aliphatic heterocycles. The zero-order chi connectivity index (χ0) is 21.6. The molecule has 0 aliphatic rings. The molecule has 0 saturated carbocycles. The van der Waals surface area contributed by atoms with Crippen molar-refractivity contribution in [3.8, 4) is 0 Å². The van der Waals surface area contributed by atoms with Gasteiger partial charge in [-0.25, -0.2) is 0 Å². The van der Waals surface area contributed by atoms with Gasteiger partial charge in [0.15, 0.2) is 0 Å². The molecule has 1 N–H and O–H groups in total. The third-order valence-corrected chi connectivity index (χ3v) is 5.54.